The first-order valence-electron chi connectivity index (χ1n) is 7.61. The maximum Gasteiger partial charge on any atom is 0.251 e. The summed E-state index contributed by atoms with van der Waals surface area (Å²) in [5, 5.41) is 5.81. The normalized spacial score (nSPS) is 14.8. The fourth-order valence-corrected chi connectivity index (χ4v) is 2.94. The van der Waals surface area contributed by atoms with Crippen molar-refractivity contribution in [3.8, 4) is 11.6 Å². The largest absolute Gasteiger partial charge is 0.437 e. The molecule has 1 aliphatic rings. The van der Waals surface area contributed by atoms with Crippen molar-refractivity contribution in [3.63, 3.8) is 0 Å². The first-order valence-corrected chi connectivity index (χ1v) is 7.99. The van der Waals surface area contributed by atoms with Gasteiger partial charge in [0.1, 0.15) is 23.3 Å². The first-order chi connectivity index (χ1) is 11.2. The summed E-state index contributed by atoms with van der Waals surface area (Å²) in [5.41, 5.74) is 6.73. The molecule has 1 aromatic carbocycles. The number of nitrogens with zero attached hydrogens (tertiary/aromatic N) is 4. The van der Waals surface area contributed by atoms with E-state index in [0.717, 1.165) is 6.54 Å². The van der Waals surface area contributed by atoms with Crippen molar-refractivity contribution in [2.45, 2.75) is 25.8 Å². The van der Waals surface area contributed by atoms with Crippen LogP contribution in [0, 0.1) is 5.92 Å². The van der Waals surface area contributed by atoms with Gasteiger partial charge in [0.25, 0.3) is 5.88 Å². The molecule has 7 heteroatoms. The number of aromatic nitrogens is 4. The Labute approximate surface area is 138 Å². The van der Waals surface area contributed by atoms with Gasteiger partial charge in [0.2, 0.25) is 0 Å². The van der Waals surface area contributed by atoms with E-state index in [4.69, 9.17) is 22.1 Å². The fourth-order valence-electron chi connectivity index (χ4n) is 2.76. The molecule has 118 valence electrons. The van der Waals surface area contributed by atoms with Crippen molar-refractivity contribution in [3.05, 3.63) is 35.6 Å². The highest BCUT2D eigenvalue weighted by atomic mass is 35.5. The maximum atomic E-state index is 6.02. The van der Waals surface area contributed by atoms with Gasteiger partial charge in [-0.2, -0.15) is 0 Å². The molecule has 6 nitrogen and oxygen atoms in total. The number of hydrogen-bond donors (Lipinski definition) is 1. The summed E-state index contributed by atoms with van der Waals surface area (Å²) in [4.78, 5) is 8.40. The third-order valence-corrected chi connectivity index (χ3v) is 4.43. The molecule has 23 heavy (non-hydrogen) atoms. The Balaban J connectivity index is 1.75. The van der Waals surface area contributed by atoms with Crippen LogP contribution in [0.1, 0.15) is 19.3 Å². The molecule has 0 amide bonds. The van der Waals surface area contributed by atoms with E-state index in [-0.39, 0.29) is 0 Å². The number of hydrogen-bond acceptors (Lipinski definition) is 5. The van der Waals surface area contributed by atoms with Crippen LogP contribution >= 0.6 is 11.6 Å². The van der Waals surface area contributed by atoms with Gasteiger partial charge in [0.15, 0.2) is 5.65 Å². The fraction of sp³-hybridized carbons (Fsp3) is 0.312. The number of rotatable bonds is 4. The number of nitrogens with two attached hydrogens (primary N) is 1. The molecule has 0 aliphatic heterocycles. The zero-order valence-corrected chi connectivity index (χ0v) is 13.2. The monoisotopic (exact) mass is 329 g/mol. The predicted molar refractivity (Wildman–Crippen MR) is 88.6 cm³/mol. The molecule has 1 saturated carbocycles. The van der Waals surface area contributed by atoms with Crippen LogP contribution in [0.4, 0.5) is 5.82 Å². The summed E-state index contributed by atoms with van der Waals surface area (Å²) in [6.07, 6.45) is 5.20. The zero-order chi connectivity index (χ0) is 15.8. The van der Waals surface area contributed by atoms with Crippen molar-refractivity contribution in [1.82, 2.24) is 19.7 Å². The van der Waals surface area contributed by atoms with Crippen LogP contribution < -0.4 is 10.5 Å². The van der Waals surface area contributed by atoms with Crippen molar-refractivity contribution >= 4 is 28.5 Å². The van der Waals surface area contributed by atoms with Gasteiger partial charge < -0.3 is 10.5 Å². The Morgan fingerprint density at radius 1 is 1.30 bits per heavy atom. The number of nitrogen functional groups attached to an aromatic ring is 1. The second-order valence-electron chi connectivity index (χ2n) is 5.80. The van der Waals surface area contributed by atoms with Crippen LogP contribution in [0.2, 0.25) is 5.02 Å². The van der Waals surface area contributed by atoms with Crippen LogP contribution in [-0.4, -0.2) is 19.7 Å². The molecule has 0 saturated heterocycles. The Morgan fingerprint density at radius 3 is 2.91 bits per heavy atom. The van der Waals surface area contributed by atoms with E-state index in [9.17, 15) is 0 Å². The lowest BCUT2D eigenvalue weighted by atomic mass is 9.85. The molecule has 0 bridgehead atoms. The zero-order valence-electron chi connectivity index (χ0n) is 12.4. The molecule has 1 aliphatic carbocycles. The van der Waals surface area contributed by atoms with Crippen LogP contribution in [-0.2, 0) is 6.54 Å². The van der Waals surface area contributed by atoms with E-state index in [1.165, 1.54) is 25.6 Å². The van der Waals surface area contributed by atoms with Crippen LogP contribution in [0.25, 0.3) is 11.0 Å². The van der Waals surface area contributed by atoms with E-state index in [2.05, 4.69) is 15.1 Å². The molecule has 1 fully saturated rings. The highest BCUT2D eigenvalue weighted by Crippen LogP contribution is 2.34. The van der Waals surface area contributed by atoms with Crippen LogP contribution in [0.15, 0.2) is 30.6 Å². The van der Waals surface area contributed by atoms with Crippen LogP contribution in [0.3, 0.4) is 0 Å². The van der Waals surface area contributed by atoms with E-state index in [1.807, 2.05) is 16.8 Å². The van der Waals surface area contributed by atoms with Gasteiger partial charge in [-0.25, -0.2) is 14.6 Å². The SMILES string of the molecule is Nc1ncnc2c1c(Oc1cccc(Cl)c1)nn2CC1CCC1. The number of benzene rings is 1. The van der Waals surface area contributed by atoms with E-state index >= 15 is 0 Å². The quantitative estimate of drug-likeness (QED) is 0.790. The molecule has 0 unspecified atom stereocenters. The molecule has 4 rings (SSSR count). The van der Waals surface area contributed by atoms with Crippen LogP contribution in [0.5, 0.6) is 11.6 Å². The number of fused-ring (bicyclic) bond motifs is 1. The Hall–Kier alpha value is -2.34. The van der Waals surface area contributed by atoms with E-state index < -0.39 is 0 Å². The van der Waals surface area contributed by atoms with Gasteiger partial charge in [-0.15, -0.1) is 5.10 Å². The standard InChI is InChI=1S/C16H16ClN5O/c17-11-5-2-6-12(7-11)23-16-13-14(18)19-9-20-15(13)22(21-16)8-10-3-1-4-10/h2,5-7,9-10H,1,3-4,8H2,(H2,18,19,20). The molecule has 0 spiro atoms. The lowest BCUT2D eigenvalue weighted by molar-refractivity contribution is 0.267. The third-order valence-electron chi connectivity index (χ3n) is 4.19. The predicted octanol–water partition coefficient (Wildman–Crippen LogP) is 3.65. The molecular formula is C16H16ClN5O. The molecule has 2 aromatic heterocycles. The van der Waals surface area contributed by atoms with Crippen molar-refractivity contribution < 1.29 is 4.74 Å². The minimum atomic E-state index is 0.367. The molecule has 0 atom stereocenters. The number of anilines is 1. The lowest BCUT2D eigenvalue weighted by Crippen LogP contribution is -2.19. The van der Waals surface area contributed by atoms with Gasteiger partial charge in [0.05, 0.1) is 0 Å². The third kappa shape index (κ3) is 2.70. The maximum absolute atomic E-state index is 6.02. The van der Waals surface area contributed by atoms with Gasteiger partial charge in [-0.05, 0) is 37.0 Å². The molecule has 2 N–H and O–H groups in total. The first kappa shape index (κ1) is 14.3. The minimum Gasteiger partial charge on any atom is -0.437 e. The summed E-state index contributed by atoms with van der Waals surface area (Å²) in [6.45, 7) is 0.825. The Morgan fingerprint density at radius 2 is 2.17 bits per heavy atom. The van der Waals surface area contributed by atoms with Gasteiger partial charge in [0, 0.05) is 11.6 Å². The average molecular weight is 330 g/mol. The van der Waals surface area contributed by atoms with Crippen molar-refractivity contribution in [2.75, 3.05) is 5.73 Å². The number of ether oxygens (including phenoxy) is 1. The summed E-state index contributed by atoms with van der Waals surface area (Å²) >= 11 is 6.01. The highest BCUT2D eigenvalue weighted by molar-refractivity contribution is 6.30. The topological polar surface area (TPSA) is 78.8 Å². The lowest BCUT2D eigenvalue weighted by Gasteiger charge is -2.24. The van der Waals surface area contributed by atoms with Crippen molar-refractivity contribution in [1.29, 1.82) is 0 Å². The molecule has 3 aromatic rings. The van der Waals surface area contributed by atoms with Gasteiger partial charge in [-0.3, -0.25) is 0 Å². The highest BCUT2D eigenvalue weighted by Gasteiger charge is 2.23. The van der Waals surface area contributed by atoms with E-state index in [0.29, 0.717) is 39.4 Å². The minimum absolute atomic E-state index is 0.367. The molecule has 0 radical (unpaired) electrons. The molecule has 2 heterocycles. The van der Waals surface area contributed by atoms with Crippen molar-refractivity contribution in [2.24, 2.45) is 5.92 Å². The Kier molecular flexibility index (Phi) is 3.53. The van der Waals surface area contributed by atoms with E-state index in [1.54, 1.807) is 12.1 Å². The summed E-state index contributed by atoms with van der Waals surface area (Å²) in [7, 11) is 0. The summed E-state index contributed by atoms with van der Waals surface area (Å²) < 4.78 is 7.76. The second kappa shape index (κ2) is 5.70. The summed E-state index contributed by atoms with van der Waals surface area (Å²) in [5.74, 6) is 2.04. The molecular weight excluding hydrogens is 314 g/mol. The smallest absolute Gasteiger partial charge is 0.251 e. The Bertz CT molecular complexity index is 859. The summed E-state index contributed by atoms with van der Waals surface area (Å²) in [6, 6.07) is 7.17. The number of halogens is 1. The van der Waals surface area contributed by atoms with Gasteiger partial charge in [-0.1, -0.05) is 24.1 Å². The average Bonchev–Trinajstić information content (AvgIpc) is 2.82. The van der Waals surface area contributed by atoms with Gasteiger partial charge >= 0.3 is 0 Å². The second-order valence-corrected chi connectivity index (χ2v) is 6.24.